The van der Waals surface area contributed by atoms with E-state index in [0.29, 0.717) is 27.3 Å². The fourth-order valence-corrected chi connectivity index (χ4v) is 5.65. The van der Waals surface area contributed by atoms with Gasteiger partial charge in [0.2, 0.25) is 0 Å². The van der Waals surface area contributed by atoms with Gasteiger partial charge in [-0.25, -0.2) is 0 Å². The molecule has 1 heterocycles. The van der Waals surface area contributed by atoms with Gasteiger partial charge in [-0.3, -0.25) is 4.90 Å². The molecule has 0 bridgehead atoms. The van der Waals surface area contributed by atoms with Crippen molar-refractivity contribution in [1.29, 1.82) is 0 Å². The summed E-state index contributed by atoms with van der Waals surface area (Å²) >= 11 is 12.1. The summed E-state index contributed by atoms with van der Waals surface area (Å²) in [5, 5.41) is 3.09. The normalized spacial score (nSPS) is 24.3. The van der Waals surface area contributed by atoms with Crippen LogP contribution >= 0.6 is 23.2 Å². The number of hydrogen-bond donors (Lipinski definition) is 0. The molecular weight excluding hydrogens is 333 g/mol. The quantitative estimate of drug-likeness (QED) is 0.746. The molecule has 5 heteroatoms. The molecule has 0 aliphatic carbocycles. The van der Waals surface area contributed by atoms with Crippen LogP contribution in [-0.4, -0.2) is 46.3 Å². The summed E-state index contributed by atoms with van der Waals surface area (Å²) in [6, 6.07) is 6.12. The van der Waals surface area contributed by atoms with E-state index in [0.717, 1.165) is 19.6 Å². The highest BCUT2D eigenvalue weighted by Gasteiger charge is 2.25. The number of halogens is 2. The number of hydrogen-bond acceptors (Lipinski definition) is 2. The second-order valence-corrected chi connectivity index (χ2v) is 11.3. The van der Waals surface area contributed by atoms with Crippen molar-refractivity contribution >= 4 is 37.9 Å². The van der Waals surface area contributed by atoms with Crippen molar-refractivity contribution in [1.82, 2.24) is 4.90 Å². The lowest BCUT2D eigenvalue weighted by Crippen LogP contribution is -2.46. The standard InChI is InChI=1S/C17H27Cl2NOSi/c1-12-10-20(11-13(2)21-12)8-7-17(3,4)22-14-5-6-15(18)16(19)9-14/h5-6,9,12-13H,7-8,10-11,22H2,1-4H3. The van der Waals surface area contributed by atoms with Gasteiger partial charge in [0, 0.05) is 13.1 Å². The molecule has 0 saturated carbocycles. The van der Waals surface area contributed by atoms with Crippen molar-refractivity contribution in [3.63, 3.8) is 0 Å². The summed E-state index contributed by atoms with van der Waals surface area (Å²) < 4.78 is 5.81. The van der Waals surface area contributed by atoms with Crippen molar-refractivity contribution in [3.05, 3.63) is 28.2 Å². The first-order valence-corrected chi connectivity index (χ1v) is 10.2. The zero-order valence-corrected chi connectivity index (χ0v) is 17.0. The molecule has 2 rings (SSSR count). The molecule has 2 atom stereocenters. The first-order valence-electron chi connectivity index (χ1n) is 8.07. The van der Waals surface area contributed by atoms with Crippen LogP contribution in [-0.2, 0) is 4.74 Å². The molecule has 1 aromatic carbocycles. The van der Waals surface area contributed by atoms with E-state index in [-0.39, 0.29) is 0 Å². The minimum atomic E-state index is -0.395. The third-order valence-electron chi connectivity index (χ3n) is 4.27. The van der Waals surface area contributed by atoms with E-state index in [4.69, 9.17) is 27.9 Å². The summed E-state index contributed by atoms with van der Waals surface area (Å²) in [6.45, 7) is 12.4. The molecule has 1 aliphatic heterocycles. The molecule has 0 aromatic heterocycles. The predicted molar refractivity (Wildman–Crippen MR) is 99.7 cm³/mol. The van der Waals surface area contributed by atoms with E-state index < -0.39 is 9.52 Å². The second kappa shape index (κ2) is 7.67. The van der Waals surface area contributed by atoms with Gasteiger partial charge in [-0.2, -0.15) is 0 Å². The van der Waals surface area contributed by atoms with E-state index in [1.165, 1.54) is 11.6 Å². The number of morpholine rings is 1. The average Bonchev–Trinajstić information content (AvgIpc) is 2.40. The Balaban J connectivity index is 1.88. The van der Waals surface area contributed by atoms with Crippen LogP contribution in [0.3, 0.4) is 0 Å². The van der Waals surface area contributed by atoms with Crippen molar-refractivity contribution < 1.29 is 4.74 Å². The van der Waals surface area contributed by atoms with Gasteiger partial charge >= 0.3 is 0 Å². The third-order valence-corrected chi connectivity index (χ3v) is 7.16. The van der Waals surface area contributed by atoms with E-state index in [1.54, 1.807) is 0 Å². The topological polar surface area (TPSA) is 12.5 Å². The third kappa shape index (κ3) is 5.54. The van der Waals surface area contributed by atoms with Crippen LogP contribution in [0, 0.1) is 0 Å². The van der Waals surface area contributed by atoms with E-state index >= 15 is 0 Å². The Morgan fingerprint density at radius 2 is 1.82 bits per heavy atom. The fourth-order valence-electron chi connectivity index (χ4n) is 3.22. The molecule has 1 aliphatic rings. The summed E-state index contributed by atoms with van der Waals surface area (Å²) in [5.41, 5.74) is 0. The van der Waals surface area contributed by atoms with Crippen molar-refractivity contribution in [3.8, 4) is 0 Å². The first-order chi connectivity index (χ1) is 10.2. The number of rotatable bonds is 5. The van der Waals surface area contributed by atoms with Crippen molar-refractivity contribution in [2.45, 2.75) is 51.4 Å². The molecule has 0 N–H and O–H groups in total. The fraction of sp³-hybridized carbons (Fsp3) is 0.647. The lowest BCUT2D eigenvalue weighted by molar-refractivity contribution is -0.0685. The largest absolute Gasteiger partial charge is 0.373 e. The average molecular weight is 360 g/mol. The maximum Gasteiger partial charge on any atom is 0.0678 e. The van der Waals surface area contributed by atoms with Gasteiger partial charge in [0.25, 0.3) is 0 Å². The monoisotopic (exact) mass is 359 g/mol. The van der Waals surface area contributed by atoms with Crippen LogP contribution < -0.4 is 5.19 Å². The summed E-state index contributed by atoms with van der Waals surface area (Å²) in [4.78, 5) is 2.55. The van der Waals surface area contributed by atoms with Crippen LogP contribution in [0.2, 0.25) is 15.1 Å². The van der Waals surface area contributed by atoms with Gasteiger partial charge in [-0.1, -0.05) is 48.3 Å². The predicted octanol–water partition coefficient (Wildman–Crippen LogP) is 3.49. The van der Waals surface area contributed by atoms with Gasteiger partial charge in [0.15, 0.2) is 0 Å². The maximum atomic E-state index is 6.14. The number of benzene rings is 1. The van der Waals surface area contributed by atoms with Crippen LogP contribution in [0.15, 0.2) is 18.2 Å². The van der Waals surface area contributed by atoms with Crippen molar-refractivity contribution in [2.75, 3.05) is 19.6 Å². The zero-order valence-electron chi connectivity index (χ0n) is 14.0. The lowest BCUT2D eigenvalue weighted by atomic mass is 10.1. The van der Waals surface area contributed by atoms with E-state index in [9.17, 15) is 0 Å². The molecule has 0 amide bonds. The molecule has 2 nitrogen and oxygen atoms in total. The van der Waals surface area contributed by atoms with Crippen LogP contribution in [0.1, 0.15) is 34.1 Å². The van der Waals surface area contributed by atoms with Gasteiger partial charge in [0.05, 0.1) is 31.8 Å². The smallest absolute Gasteiger partial charge is 0.0678 e. The van der Waals surface area contributed by atoms with Gasteiger partial charge in [-0.05, 0) is 44.0 Å². The van der Waals surface area contributed by atoms with E-state index in [1.807, 2.05) is 6.07 Å². The highest BCUT2D eigenvalue weighted by atomic mass is 35.5. The molecule has 1 aromatic rings. The molecule has 2 unspecified atom stereocenters. The van der Waals surface area contributed by atoms with Gasteiger partial charge < -0.3 is 4.74 Å². The highest BCUT2D eigenvalue weighted by Crippen LogP contribution is 2.29. The number of nitrogens with zero attached hydrogens (tertiary/aromatic N) is 1. The maximum absolute atomic E-state index is 6.14. The van der Waals surface area contributed by atoms with Crippen LogP contribution in [0.5, 0.6) is 0 Å². The summed E-state index contributed by atoms with van der Waals surface area (Å²) in [7, 11) is -0.395. The summed E-state index contributed by atoms with van der Waals surface area (Å²) in [6.07, 6.45) is 1.91. The molecule has 1 fully saturated rings. The number of ether oxygens (including phenoxy) is 1. The molecule has 124 valence electrons. The van der Waals surface area contributed by atoms with Crippen molar-refractivity contribution in [2.24, 2.45) is 0 Å². The molecule has 0 radical (unpaired) electrons. The lowest BCUT2D eigenvalue weighted by Gasteiger charge is -2.37. The molecular formula is C17H27Cl2NOSi. The molecule has 0 spiro atoms. The minimum absolute atomic E-state index is 0.346. The molecule has 1 saturated heterocycles. The Labute approximate surface area is 146 Å². The SMILES string of the molecule is CC1CN(CCC(C)(C)[SiH2]c2ccc(Cl)c(Cl)c2)CC(C)O1. The molecule has 22 heavy (non-hydrogen) atoms. The van der Waals surface area contributed by atoms with Crippen LogP contribution in [0.25, 0.3) is 0 Å². The Morgan fingerprint density at radius 1 is 1.18 bits per heavy atom. The highest BCUT2D eigenvalue weighted by molar-refractivity contribution is 6.57. The Kier molecular flexibility index (Phi) is 6.37. The Hall–Kier alpha value is -0.0631. The van der Waals surface area contributed by atoms with Crippen LogP contribution in [0.4, 0.5) is 0 Å². The zero-order chi connectivity index (χ0) is 16.3. The Bertz CT molecular complexity index is 499. The van der Waals surface area contributed by atoms with Gasteiger partial charge in [-0.15, -0.1) is 0 Å². The van der Waals surface area contributed by atoms with Gasteiger partial charge in [0.1, 0.15) is 0 Å². The van der Waals surface area contributed by atoms with E-state index in [2.05, 4.69) is 44.7 Å². The second-order valence-electron chi connectivity index (χ2n) is 7.36. The first kappa shape index (κ1) is 18.3. The summed E-state index contributed by atoms with van der Waals surface area (Å²) in [5.74, 6) is 0. The minimum Gasteiger partial charge on any atom is -0.373 e. The Morgan fingerprint density at radius 3 is 2.41 bits per heavy atom.